The Morgan fingerprint density at radius 1 is 1.35 bits per heavy atom. The molecule has 5 nitrogen and oxygen atoms in total. The van der Waals surface area contributed by atoms with Gasteiger partial charge in [0.1, 0.15) is 0 Å². The maximum Gasteiger partial charge on any atom is 0.231 e. The predicted octanol–water partition coefficient (Wildman–Crippen LogP) is 0.926. The van der Waals surface area contributed by atoms with E-state index in [1.54, 1.807) is 6.07 Å². The molecule has 0 saturated heterocycles. The summed E-state index contributed by atoms with van der Waals surface area (Å²) < 4.78 is 34.3. The average Bonchev–Trinajstić information content (AvgIpc) is 2.75. The van der Waals surface area contributed by atoms with Crippen LogP contribution >= 0.6 is 0 Å². The molecular weight excluding hydrogens is 242 g/mol. The van der Waals surface area contributed by atoms with Crippen LogP contribution in [0.4, 0.5) is 0 Å². The van der Waals surface area contributed by atoms with Crippen LogP contribution in [0.15, 0.2) is 23.1 Å². The Morgan fingerprint density at radius 2 is 2.06 bits per heavy atom. The molecule has 0 fully saturated rings. The fraction of sp³-hybridized carbons (Fsp3) is 0.455. The highest BCUT2D eigenvalue weighted by atomic mass is 32.2. The normalized spacial score (nSPS) is 15.9. The number of ether oxygens (including phenoxy) is 2. The van der Waals surface area contributed by atoms with E-state index in [1.807, 2.05) is 6.92 Å². The van der Waals surface area contributed by atoms with Gasteiger partial charge in [0.2, 0.25) is 6.79 Å². The molecule has 0 spiro atoms. The van der Waals surface area contributed by atoms with Gasteiger partial charge in [-0.25, -0.2) is 8.42 Å². The summed E-state index contributed by atoms with van der Waals surface area (Å²) in [5.74, 6) is 0.989. The molecule has 1 aliphatic rings. The minimum atomic E-state index is -3.35. The van der Waals surface area contributed by atoms with Crippen molar-refractivity contribution in [1.29, 1.82) is 0 Å². The van der Waals surface area contributed by atoms with Crippen LogP contribution in [0.1, 0.15) is 13.3 Å². The van der Waals surface area contributed by atoms with Crippen molar-refractivity contribution < 1.29 is 17.9 Å². The molecule has 1 atom stereocenters. The van der Waals surface area contributed by atoms with Crippen molar-refractivity contribution in [2.75, 3.05) is 12.5 Å². The highest BCUT2D eigenvalue weighted by Crippen LogP contribution is 2.34. The summed E-state index contributed by atoms with van der Waals surface area (Å²) in [6.07, 6.45) is 0.629. The Morgan fingerprint density at radius 3 is 2.76 bits per heavy atom. The Hall–Kier alpha value is -1.27. The molecule has 6 heteroatoms. The number of rotatable bonds is 4. The van der Waals surface area contributed by atoms with Crippen LogP contribution in [0, 0.1) is 0 Å². The monoisotopic (exact) mass is 257 g/mol. The van der Waals surface area contributed by atoms with Crippen LogP contribution in [-0.2, 0) is 9.84 Å². The lowest BCUT2D eigenvalue weighted by atomic mass is 10.3. The van der Waals surface area contributed by atoms with Gasteiger partial charge in [-0.2, -0.15) is 0 Å². The Kier molecular flexibility index (Phi) is 3.26. The Bertz CT molecular complexity index is 512. The van der Waals surface area contributed by atoms with E-state index in [9.17, 15) is 8.42 Å². The van der Waals surface area contributed by atoms with Gasteiger partial charge in [0, 0.05) is 12.1 Å². The number of hydrogen-bond donors (Lipinski definition) is 1. The van der Waals surface area contributed by atoms with Gasteiger partial charge >= 0.3 is 0 Å². The number of sulfone groups is 1. The first-order valence-corrected chi connectivity index (χ1v) is 7.06. The van der Waals surface area contributed by atoms with Crippen LogP contribution < -0.4 is 15.2 Å². The number of hydrogen-bond acceptors (Lipinski definition) is 5. The predicted molar refractivity (Wildman–Crippen MR) is 62.9 cm³/mol. The number of benzene rings is 1. The van der Waals surface area contributed by atoms with E-state index >= 15 is 0 Å². The third kappa shape index (κ3) is 2.53. The van der Waals surface area contributed by atoms with Crippen molar-refractivity contribution >= 4 is 9.84 Å². The van der Waals surface area contributed by atoms with Crippen LogP contribution in [0.5, 0.6) is 11.5 Å². The number of fused-ring (bicyclic) bond motifs is 1. The van der Waals surface area contributed by atoms with Gasteiger partial charge in [-0.15, -0.1) is 0 Å². The van der Waals surface area contributed by atoms with E-state index in [0.29, 0.717) is 17.9 Å². The van der Waals surface area contributed by atoms with Crippen LogP contribution in [0.2, 0.25) is 0 Å². The van der Waals surface area contributed by atoms with Gasteiger partial charge in [-0.3, -0.25) is 0 Å². The summed E-state index contributed by atoms with van der Waals surface area (Å²) in [5, 5.41) is 0. The molecule has 2 N–H and O–H groups in total. The second kappa shape index (κ2) is 4.54. The van der Waals surface area contributed by atoms with E-state index < -0.39 is 9.84 Å². The van der Waals surface area contributed by atoms with Gasteiger partial charge in [0.15, 0.2) is 21.3 Å². The molecule has 94 valence electrons. The third-order valence-corrected chi connectivity index (χ3v) is 4.50. The van der Waals surface area contributed by atoms with Crippen LogP contribution in [-0.4, -0.2) is 27.0 Å². The van der Waals surface area contributed by atoms with Gasteiger partial charge in [0.25, 0.3) is 0 Å². The van der Waals surface area contributed by atoms with Crippen LogP contribution in [0.3, 0.4) is 0 Å². The summed E-state index contributed by atoms with van der Waals surface area (Å²) in [5.41, 5.74) is 5.67. The summed E-state index contributed by atoms with van der Waals surface area (Å²) in [6, 6.07) is 4.27. The zero-order valence-electron chi connectivity index (χ0n) is 9.55. The minimum absolute atomic E-state index is 0.0524. The van der Waals surface area contributed by atoms with E-state index in [0.717, 1.165) is 0 Å². The number of nitrogens with two attached hydrogens (primary N) is 1. The molecule has 0 saturated carbocycles. The Balaban J connectivity index is 2.28. The van der Waals surface area contributed by atoms with Gasteiger partial charge in [0.05, 0.1) is 10.6 Å². The molecule has 0 aliphatic carbocycles. The molecule has 1 aliphatic heterocycles. The molecule has 0 radical (unpaired) electrons. The lowest BCUT2D eigenvalue weighted by Crippen LogP contribution is -2.28. The van der Waals surface area contributed by atoms with E-state index in [2.05, 4.69) is 0 Å². The second-order valence-electron chi connectivity index (χ2n) is 3.96. The largest absolute Gasteiger partial charge is 0.454 e. The molecular formula is C11H15NO4S. The molecule has 1 aromatic carbocycles. The summed E-state index contributed by atoms with van der Waals surface area (Å²) in [4.78, 5) is 0.227. The van der Waals surface area contributed by atoms with E-state index in [-0.39, 0.29) is 23.5 Å². The summed E-state index contributed by atoms with van der Waals surface area (Å²) >= 11 is 0. The van der Waals surface area contributed by atoms with Crippen molar-refractivity contribution in [2.24, 2.45) is 5.73 Å². The summed E-state index contributed by atoms with van der Waals surface area (Å²) in [7, 11) is -3.35. The van der Waals surface area contributed by atoms with Crippen LogP contribution in [0.25, 0.3) is 0 Å². The first-order valence-electron chi connectivity index (χ1n) is 5.41. The third-order valence-electron chi connectivity index (χ3n) is 2.66. The fourth-order valence-electron chi connectivity index (χ4n) is 1.57. The average molecular weight is 257 g/mol. The molecule has 1 heterocycles. The zero-order chi connectivity index (χ0) is 12.5. The second-order valence-corrected chi connectivity index (χ2v) is 6.00. The molecule has 2 rings (SSSR count). The minimum Gasteiger partial charge on any atom is -0.454 e. The molecule has 0 aromatic heterocycles. The molecule has 17 heavy (non-hydrogen) atoms. The maximum absolute atomic E-state index is 12.0. The molecule has 0 bridgehead atoms. The van der Waals surface area contributed by atoms with Gasteiger partial charge in [-0.05, 0) is 18.6 Å². The summed E-state index contributed by atoms with van der Waals surface area (Å²) in [6.45, 7) is 1.99. The van der Waals surface area contributed by atoms with Gasteiger partial charge < -0.3 is 15.2 Å². The van der Waals surface area contributed by atoms with E-state index in [1.165, 1.54) is 12.1 Å². The highest BCUT2D eigenvalue weighted by Gasteiger charge is 2.22. The fourth-order valence-corrected chi connectivity index (χ4v) is 3.12. The van der Waals surface area contributed by atoms with Crippen molar-refractivity contribution in [1.82, 2.24) is 0 Å². The smallest absolute Gasteiger partial charge is 0.231 e. The SMILES string of the molecule is CCC(N)CS(=O)(=O)c1ccc2c(c1)OCO2. The highest BCUT2D eigenvalue weighted by molar-refractivity contribution is 7.91. The van der Waals surface area contributed by atoms with Crippen molar-refractivity contribution in [3.05, 3.63) is 18.2 Å². The first kappa shape index (κ1) is 12.2. The quantitative estimate of drug-likeness (QED) is 0.868. The standard InChI is InChI=1S/C11H15NO4S/c1-2-8(12)6-17(13,14)9-3-4-10-11(5-9)16-7-15-10/h3-5,8H,2,6-7,12H2,1H3. The van der Waals surface area contributed by atoms with Gasteiger partial charge in [-0.1, -0.05) is 6.92 Å². The van der Waals surface area contributed by atoms with Crippen molar-refractivity contribution in [3.63, 3.8) is 0 Å². The van der Waals surface area contributed by atoms with Crippen molar-refractivity contribution in [3.8, 4) is 11.5 Å². The molecule has 1 unspecified atom stereocenters. The lowest BCUT2D eigenvalue weighted by Gasteiger charge is -2.10. The first-order chi connectivity index (χ1) is 8.03. The van der Waals surface area contributed by atoms with Crippen molar-refractivity contribution in [2.45, 2.75) is 24.3 Å². The zero-order valence-corrected chi connectivity index (χ0v) is 10.4. The molecule has 0 amide bonds. The Labute approximate surface area is 100 Å². The topological polar surface area (TPSA) is 78.6 Å². The molecule has 1 aromatic rings. The maximum atomic E-state index is 12.0. The van der Waals surface area contributed by atoms with E-state index in [4.69, 9.17) is 15.2 Å². The lowest BCUT2D eigenvalue weighted by molar-refractivity contribution is 0.174.